The Kier molecular flexibility index (Phi) is 7.42. The largest absolute Gasteiger partial charge is 0.453 e. The fourth-order valence-corrected chi connectivity index (χ4v) is 5.50. The van der Waals surface area contributed by atoms with Crippen LogP contribution in [0.4, 0.5) is 20.2 Å². The van der Waals surface area contributed by atoms with Crippen molar-refractivity contribution in [2.24, 2.45) is 5.41 Å². The maximum Gasteiger partial charge on any atom is 0.240 e. The average Bonchev–Trinajstić information content (AvgIpc) is 3.73. The van der Waals surface area contributed by atoms with E-state index in [1.54, 1.807) is 24.7 Å². The Bertz CT molecular complexity index is 1900. The van der Waals surface area contributed by atoms with Gasteiger partial charge in [0.1, 0.15) is 17.0 Å². The molecule has 2 aromatic carbocycles. The predicted molar refractivity (Wildman–Crippen MR) is 164 cm³/mol. The second-order valence-electron chi connectivity index (χ2n) is 11.3. The Morgan fingerprint density at radius 3 is 2.36 bits per heavy atom. The molecular formula is C33H29F2N7O3. The Labute approximate surface area is 256 Å². The summed E-state index contributed by atoms with van der Waals surface area (Å²) in [6.07, 6.45) is 9.77. The molecule has 10 nitrogen and oxygen atoms in total. The minimum absolute atomic E-state index is 0.0528. The van der Waals surface area contributed by atoms with Crippen molar-refractivity contribution in [1.82, 2.24) is 25.1 Å². The van der Waals surface area contributed by atoms with Gasteiger partial charge < -0.3 is 20.7 Å². The Morgan fingerprint density at radius 1 is 0.889 bits per heavy atom. The molecule has 228 valence electrons. The molecule has 0 bridgehead atoms. The first-order chi connectivity index (χ1) is 21.9. The Hall–Kier alpha value is -5.23. The zero-order valence-electron chi connectivity index (χ0n) is 24.1. The Morgan fingerprint density at radius 2 is 1.62 bits per heavy atom. The second kappa shape index (κ2) is 11.7. The number of carbonyl (C=O) groups excluding carboxylic acids is 2. The first-order valence-corrected chi connectivity index (χ1v) is 14.7. The summed E-state index contributed by atoms with van der Waals surface area (Å²) in [5.41, 5.74) is 1.53. The van der Waals surface area contributed by atoms with Crippen molar-refractivity contribution >= 4 is 34.1 Å². The molecule has 45 heavy (non-hydrogen) atoms. The number of halogens is 2. The molecule has 0 unspecified atom stereocenters. The van der Waals surface area contributed by atoms with E-state index in [2.05, 4.69) is 31.0 Å². The van der Waals surface area contributed by atoms with Crippen LogP contribution >= 0.6 is 0 Å². The van der Waals surface area contributed by atoms with Crippen LogP contribution in [0.15, 0.2) is 79.4 Å². The third kappa shape index (κ3) is 5.84. The van der Waals surface area contributed by atoms with Gasteiger partial charge in [0.05, 0.1) is 28.8 Å². The van der Waals surface area contributed by atoms with Gasteiger partial charge in [-0.3, -0.25) is 24.2 Å². The zero-order valence-corrected chi connectivity index (χ0v) is 24.1. The lowest BCUT2D eigenvalue weighted by Gasteiger charge is -2.22. The number of aromatic nitrogens is 4. The van der Waals surface area contributed by atoms with E-state index < -0.39 is 28.9 Å². The quantitative estimate of drug-likeness (QED) is 0.189. The van der Waals surface area contributed by atoms with Crippen LogP contribution in [-0.2, 0) is 9.59 Å². The van der Waals surface area contributed by atoms with Gasteiger partial charge in [-0.25, -0.2) is 8.78 Å². The van der Waals surface area contributed by atoms with Crippen LogP contribution in [0.5, 0.6) is 11.5 Å². The lowest BCUT2D eigenvalue weighted by molar-refractivity contribution is -0.131. The minimum Gasteiger partial charge on any atom is -0.453 e. The molecule has 2 amide bonds. The van der Waals surface area contributed by atoms with Crippen LogP contribution in [0, 0.1) is 17.0 Å². The van der Waals surface area contributed by atoms with E-state index in [4.69, 9.17) is 4.74 Å². The van der Waals surface area contributed by atoms with E-state index in [1.165, 1.54) is 36.4 Å². The van der Waals surface area contributed by atoms with Gasteiger partial charge in [0.15, 0.2) is 11.6 Å². The highest BCUT2D eigenvalue weighted by Gasteiger charge is 2.56. The maximum atomic E-state index is 15.2. The molecular weight excluding hydrogens is 580 g/mol. The van der Waals surface area contributed by atoms with E-state index in [9.17, 15) is 14.0 Å². The van der Waals surface area contributed by atoms with Gasteiger partial charge in [0, 0.05) is 41.6 Å². The van der Waals surface area contributed by atoms with Gasteiger partial charge in [0.2, 0.25) is 11.8 Å². The standard InChI is InChI=1S/C33H29F2N7O3/c34-21-1-3-22(4-2-21)40-31(43)33(10-11-33)32(44)41-23-5-6-30(26(35)15-23)45-29-9-14-37-28-16-27(38-18-25(28)29)20-17-39-42(19-20)24-7-12-36-13-8-24/h1-6,9,14-19,24,36H,7-8,10-13H2,(H,40,43)(H,41,44). The summed E-state index contributed by atoms with van der Waals surface area (Å²) in [6, 6.07) is 13.2. The number of fused-ring (bicyclic) bond motifs is 1. The number of ether oxygens (including phenoxy) is 1. The Balaban J connectivity index is 1.03. The number of nitrogens with one attached hydrogen (secondary N) is 3. The summed E-state index contributed by atoms with van der Waals surface area (Å²) in [6.45, 7) is 1.94. The number of nitrogens with zero attached hydrogens (tertiary/aromatic N) is 4. The van der Waals surface area contributed by atoms with Crippen LogP contribution in [-0.4, -0.2) is 44.7 Å². The molecule has 7 rings (SSSR count). The molecule has 2 fully saturated rings. The molecule has 5 aromatic rings. The van der Waals surface area contributed by atoms with Crippen molar-refractivity contribution in [1.29, 1.82) is 0 Å². The predicted octanol–water partition coefficient (Wildman–Crippen LogP) is 5.85. The molecule has 12 heteroatoms. The van der Waals surface area contributed by atoms with Crippen molar-refractivity contribution < 1.29 is 23.1 Å². The summed E-state index contributed by atoms with van der Waals surface area (Å²) in [5, 5.41) is 13.8. The van der Waals surface area contributed by atoms with Crippen molar-refractivity contribution in [3.05, 3.63) is 91.0 Å². The SMILES string of the molecule is O=C(Nc1ccc(F)cc1)C1(C(=O)Nc2ccc(Oc3ccnc4cc(-c5cnn(C6CCNCC6)c5)ncc34)c(F)c2)CC1. The van der Waals surface area contributed by atoms with Gasteiger partial charge >= 0.3 is 0 Å². The third-order valence-corrected chi connectivity index (χ3v) is 8.30. The van der Waals surface area contributed by atoms with Crippen LogP contribution in [0.3, 0.4) is 0 Å². The van der Waals surface area contributed by atoms with Crippen molar-refractivity contribution in [3.63, 3.8) is 0 Å². The number of anilines is 2. The molecule has 4 heterocycles. The van der Waals surface area contributed by atoms with E-state index in [0.717, 1.165) is 43.3 Å². The van der Waals surface area contributed by atoms with Crippen LogP contribution < -0.4 is 20.7 Å². The van der Waals surface area contributed by atoms with Gasteiger partial charge in [-0.1, -0.05) is 0 Å². The van der Waals surface area contributed by atoms with Gasteiger partial charge in [-0.15, -0.1) is 0 Å². The van der Waals surface area contributed by atoms with E-state index >= 15 is 4.39 Å². The number of amides is 2. The molecule has 1 aliphatic heterocycles. The minimum atomic E-state index is -1.27. The molecule has 3 aromatic heterocycles. The van der Waals surface area contributed by atoms with Gasteiger partial charge in [-0.2, -0.15) is 5.10 Å². The molecule has 0 radical (unpaired) electrons. The van der Waals surface area contributed by atoms with Crippen LogP contribution in [0.2, 0.25) is 0 Å². The zero-order chi connectivity index (χ0) is 31.0. The number of rotatable bonds is 8. The lowest BCUT2D eigenvalue weighted by atomic mass is 10.0. The molecule has 3 N–H and O–H groups in total. The third-order valence-electron chi connectivity index (χ3n) is 8.30. The molecule has 1 saturated heterocycles. The van der Waals surface area contributed by atoms with E-state index in [-0.39, 0.29) is 11.4 Å². The summed E-state index contributed by atoms with van der Waals surface area (Å²) in [4.78, 5) is 34.9. The first-order valence-electron chi connectivity index (χ1n) is 14.7. The molecule has 2 aliphatic rings. The van der Waals surface area contributed by atoms with Gasteiger partial charge in [-0.05, 0) is 87.3 Å². The van der Waals surface area contributed by atoms with Crippen molar-refractivity contribution in [2.75, 3.05) is 23.7 Å². The highest BCUT2D eigenvalue weighted by molar-refractivity contribution is 6.16. The lowest BCUT2D eigenvalue weighted by Crippen LogP contribution is -2.35. The molecule has 0 atom stereocenters. The number of piperidine rings is 1. The highest BCUT2D eigenvalue weighted by atomic mass is 19.1. The summed E-state index contributed by atoms with van der Waals surface area (Å²) in [7, 11) is 0. The number of benzene rings is 2. The fraction of sp³-hybridized carbons (Fsp3) is 0.242. The number of hydrogen-bond donors (Lipinski definition) is 3. The van der Waals surface area contributed by atoms with Gasteiger partial charge in [0.25, 0.3) is 0 Å². The molecule has 0 spiro atoms. The summed E-state index contributed by atoms with van der Waals surface area (Å²) >= 11 is 0. The maximum absolute atomic E-state index is 15.2. The number of carbonyl (C=O) groups is 2. The van der Waals surface area contributed by atoms with Crippen LogP contribution in [0.25, 0.3) is 22.2 Å². The topological polar surface area (TPSA) is 123 Å². The molecule has 1 saturated carbocycles. The van der Waals surface area contributed by atoms with E-state index in [1.807, 2.05) is 16.9 Å². The van der Waals surface area contributed by atoms with E-state index in [0.29, 0.717) is 41.2 Å². The number of hydrogen-bond acceptors (Lipinski definition) is 7. The normalized spacial score (nSPS) is 15.9. The van der Waals surface area contributed by atoms with Crippen molar-refractivity contribution in [2.45, 2.75) is 31.7 Å². The van der Waals surface area contributed by atoms with Crippen LogP contribution in [0.1, 0.15) is 31.7 Å². The highest BCUT2D eigenvalue weighted by Crippen LogP contribution is 2.47. The monoisotopic (exact) mass is 609 g/mol. The molecule has 1 aliphatic carbocycles. The first kappa shape index (κ1) is 28.5. The summed E-state index contributed by atoms with van der Waals surface area (Å²) < 4.78 is 36.3. The number of pyridine rings is 2. The van der Waals surface area contributed by atoms with Crippen molar-refractivity contribution in [3.8, 4) is 22.8 Å². The smallest absolute Gasteiger partial charge is 0.240 e. The fourth-order valence-electron chi connectivity index (χ4n) is 5.50. The summed E-state index contributed by atoms with van der Waals surface area (Å²) in [5.74, 6) is -1.86. The average molecular weight is 610 g/mol. The second-order valence-corrected chi connectivity index (χ2v) is 11.3.